The number of halogens is 3. The predicted octanol–water partition coefficient (Wildman–Crippen LogP) is 4.29. The molecular weight excluding hydrogens is 335 g/mol. The van der Waals surface area contributed by atoms with Gasteiger partial charge in [-0.05, 0) is 65.4 Å². The van der Waals surface area contributed by atoms with Gasteiger partial charge in [0.25, 0.3) is 0 Å². The van der Waals surface area contributed by atoms with Crippen LogP contribution in [0.4, 0.5) is 18.0 Å². The van der Waals surface area contributed by atoms with Gasteiger partial charge in [0.15, 0.2) is 0 Å². The van der Waals surface area contributed by atoms with Crippen molar-refractivity contribution in [1.29, 1.82) is 0 Å². The topological polar surface area (TPSA) is 56.2 Å². The Morgan fingerprint density at radius 1 is 1.28 bits per heavy atom. The normalized spacial score (nSPS) is 21.9. The molecule has 1 N–H and O–H groups in total. The molecule has 0 saturated heterocycles. The second-order valence-corrected chi connectivity index (χ2v) is 7.71. The summed E-state index contributed by atoms with van der Waals surface area (Å²) < 4.78 is 45.4. The fourth-order valence-electron chi connectivity index (χ4n) is 3.12. The smallest absolute Gasteiger partial charge is 0.433 e. The van der Waals surface area contributed by atoms with Gasteiger partial charge in [0.05, 0.1) is 5.69 Å². The molecule has 1 aromatic rings. The fourth-order valence-corrected chi connectivity index (χ4v) is 3.12. The summed E-state index contributed by atoms with van der Waals surface area (Å²) in [5.74, 6) is 0.122. The van der Waals surface area contributed by atoms with E-state index in [1.165, 1.54) is 0 Å². The Morgan fingerprint density at radius 2 is 1.88 bits per heavy atom. The van der Waals surface area contributed by atoms with E-state index in [4.69, 9.17) is 4.74 Å². The van der Waals surface area contributed by atoms with Crippen LogP contribution in [0.15, 0.2) is 6.07 Å². The minimum Gasteiger partial charge on any atom is -0.444 e. The molecular formula is C17H26F3N3O2. The van der Waals surface area contributed by atoms with Crippen LogP contribution in [0.1, 0.15) is 57.8 Å². The lowest BCUT2D eigenvalue weighted by Gasteiger charge is -2.30. The van der Waals surface area contributed by atoms with Gasteiger partial charge in [-0.2, -0.15) is 18.3 Å². The van der Waals surface area contributed by atoms with Gasteiger partial charge in [-0.1, -0.05) is 0 Å². The molecule has 0 spiro atoms. The minimum atomic E-state index is -4.39. The van der Waals surface area contributed by atoms with E-state index in [-0.39, 0.29) is 18.5 Å². The van der Waals surface area contributed by atoms with E-state index in [9.17, 15) is 18.0 Å². The number of alkyl carbamates (subject to hydrolysis) is 1. The molecule has 5 nitrogen and oxygen atoms in total. The van der Waals surface area contributed by atoms with Crippen LogP contribution in [0.5, 0.6) is 0 Å². The Bertz CT molecular complexity index is 597. The van der Waals surface area contributed by atoms with Crippen molar-refractivity contribution in [2.75, 3.05) is 0 Å². The second-order valence-electron chi connectivity index (χ2n) is 7.71. The van der Waals surface area contributed by atoms with E-state index in [0.717, 1.165) is 36.4 Å². The molecule has 1 amide bonds. The van der Waals surface area contributed by atoms with Gasteiger partial charge in [0.2, 0.25) is 0 Å². The molecule has 0 radical (unpaired) electrons. The lowest BCUT2D eigenvalue weighted by atomic mass is 9.86. The van der Waals surface area contributed by atoms with Crippen LogP contribution in [-0.2, 0) is 17.5 Å². The van der Waals surface area contributed by atoms with E-state index in [1.807, 2.05) is 0 Å². The van der Waals surface area contributed by atoms with E-state index < -0.39 is 23.6 Å². The number of hydrogen-bond donors (Lipinski definition) is 1. The van der Waals surface area contributed by atoms with Crippen molar-refractivity contribution in [2.45, 2.75) is 77.7 Å². The first-order valence-corrected chi connectivity index (χ1v) is 8.55. The third kappa shape index (κ3) is 5.93. The molecule has 0 aliphatic heterocycles. The van der Waals surface area contributed by atoms with Crippen molar-refractivity contribution in [3.8, 4) is 0 Å². The Kier molecular flexibility index (Phi) is 5.68. The van der Waals surface area contributed by atoms with E-state index in [1.54, 1.807) is 27.7 Å². The molecule has 0 unspecified atom stereocenters. The quantitative estimate of drug-likeness (QED) is 0.874. The highest BCUT2D eigenvalue weighted by Crippen LogP contribution is 2.32. The SMILES string of the molecule is Cc1cc(C(F)(F)F)n(CC2CCC(NC(=O)OC(C)(C)C)CC2)n1. The monoisotopic (exact) mass is 361 g/mol. The van der Waals surface area contributed by atoms with Crippen LogP contribution in [0.25, 0.3) is 0 Å². The standard InChI is InChI=1S/C17H26F3N3O2/c1-11-9-14(17(18,19)20)23(22-11)10-12-5-7-13(8-6-12)21-15(24)25-16(2,3)4/h9,12-13H,5-8,10H2,1-4H3,(H,21,24). The van der Waals surface area contributed by atoms with Crippen LogP contribution in [0.2, 0.25) is 0 Å². The van der Waals surface area contributed by atoms with E-state index >= 15 is 0 Å². The highest BCUT2D eigenvalue weighted by Gasteiger charge is 2.36. The highest BCUT2D eigenvalue weighted by atomic mass is 19.4. The molecule has 1 aliphatic rings. The lowest BCUT2D eigenvalue weighted by Crippen LogP contribution is -2.41. The molecule has 2 rings (SSSR count). The molecule has 8 heteroatoms. The summed E-state index contributed by atoms with van der Waals surface area (Å²) in [5.41, 5.74) is -0.876. The highest BCUT2D eigenvalue weighted by molar-refractivity contribution is 5.68. The van der Waals surface area contributed by atoms with Crippen molar-refractivity contribution >= 4 is 6.09 Å². The summed E-state index contributed by atoms with van der Waals surface area (Å²) in [5, 5.41) is 6.82. The molecule has 1 heterocycles. The van der Waals surface area contributed by atoms with Gasteiger partial charge in [-0.25, -0.2) is 4.79 Å². The molecule has 0 atom stereocenters. The molecule has 1 fully saturated rings. The average molecular weight is 361 g/mol. The van der Waals surface area contributed by atoms with Crippen LogP contribution in [-0.4, -0.2) is 27.5 Å². The molecule has 1 aliphatic carbocycles. The molecule has 142 valence electrons. The van der Waals surface area contributed by atoms with Crippen molar-refractivity contribution in [2.24, 2.45) is 5.92 Å². The van der Waals surface area contributed by atoms with Crippen LogP contribution in [0, 0.1) is 12.8 Å². The number of aromatic nitrogens is 2. The predicted molar refractivity (Wildman–Crippen MR) is 87.1 cm³/mol. The maximum Gasteiger partial charge on any atom is 0.433 e. The maximum atomic E-state index is 13.0. The Morgan fingerprint density at radius 3 is 2.40 bits per heavy atom. The summed E-state index contributed by atoms with van der Waals surface area (Å²) in [4.78, 5) is 11.8. The number of aryl methyl sites for hydroxylation is 1. The fraction of sp³-hybridized carbons (Fsp3) is 0.765. The van der Waals surface area contributed by atoms with Crippen LogP contribution >= 0.6 is 0 Å². The van der Waals surface area contributed by atoms with Gasteiger partial charge in [-0.3, -0.25) is 4.68 Å². The number of nitrogens with one attached hydrogen (secondary N) is 1. The molecule has 0 aromatic carbocycles. The summed E-state index contributed by atoms with van der Waals surface area (Å²) in [6, 6.07) is 1.09. The number of carbonyl (C=O) groups excluding carboxylic acids is 1. The first kappa shape index (κ1) is 19.6. The van der Waals surface area contributed by atoms with Crippen LogP contribution in [0.3, 0.4) is 0 Å². The van der Waals surface area contributed by atoms with Crippen molar-refractivity contribution in [3.63, 3.8) is 0 Å². The van der Waals surface area contributed by atoms with Crippen molar-refractivity contribution in [1.82, 2.24) is 15.1 Å². The molecule has 1 saturated carbocycles. The van der Waals surface area contributed by atoms with Gasteiger partial charge in [0.1, 0.15) is 11.3 Å². The Hall–Kier alpha value is -1.73. The Balaban J connectivity index is 1.86. The van der Waals surface area contributed by atoms with E-state index in [0.29, 0.717) is 5.69 Å². The average Bonchev–Trinajstić information content (AvgIpc) is 2.80. The number of nitrogens with zero attached hydrogens (tertiary/aromatic N) is 2. The van der Waals surface area contributed by atoms with Crippen LogP contribution < -0.4 is 5.32 Å². The molecule has 25 heavy (non-hydrogen) atoms. The first-order valence-electron chi connectivity index (χ1n) is 8.55. The zero-order valence-electron chi connectivity index (χ0n) is 15.1. The number of amides is 1. The largest absolute Gasteiger partial charge is 0.444 e. The van der Waals surface area contributed by atoms with E-state index in [2.05, 4.69) is 10.4 Å². The summed E-state index contributed by atoms with van der Waals surface area (Å²) in [6.45, 7) is 7.21. The minimum absolute atomic E-state index is 0.00699. The number of alkyl halides is 3. The van der Waals surface area contributed by atoms with Crippen molar-refractivity contribution < 1.29 is 22.7 Å². The second kappa shape index (κ2) is 7.25. The summed E-state index contributed by atoms with van der Waals surface area (Å²) >= 11 is 0. The molecule has 1 aromatic heterocycles. The number of hydrogen-bond acceptors (Lipinski definition) is 3. The van der Waals surface area contributed by atoms with Gasteiger partial charge in [-0.15, -0.1) is 0 Å². The van der Waals surface area contributed by atoms with Gasteiger partial charge >= 0.3 is 12.3 Å². The number of rotatable bonds is 3. The zero-order valence-corrected chi connectivity index (χ0v) is 15.1. The maximum absolute atomic E-state index is 13.0. The number of carbonyl (C=O) groups is 1. The lowest BCUT2D eigenvalue weighted by molar-refractivity contribution is -0.144. The third-order valence-electron chi connectivity index (χ3n) is 4.19. The summed E-state index contributed by atoms with van der Waals surface area (Å²) in [6.07, 6.45) is -1.89. The zero-order chi connectivity index (χ0) is 18.8. The van der Waals surface area contributed by atoms with Gasteiger partial charge < -0.3 is 10.1 Å². The molecule has 0 bridgehead atoms. The first-order chi connectivity index (χ1) is 11.4. The Labute approximate surface area is 145 Å². The van der Waals surface area contributed by atoms with Crippen molar-refractivity contribution in [3.05, 3.63) is 17.5 Å². The third-order valence-corrected chi connectivity index (χ3v) is 4.19. The summed E-state index contributed by atoms with van der Waals surface area (Å²) in [7, 11) is 0. The van der Waals surface area contributed by atoms with Gasteiger partial charge in [0, 0.05) is 12.6 Å². The number of ether oxygens (including phenoxy) is 1.